The number of allylic oxidation sites excluding steroid dienone is 1. The largest absolute Gasteiger partial charge is 0.481 e. The first-order valence-electron chi connectivity index (χ1n) is 3.60. The van der Waals surface area contributed by atoms with E-state index in [0.29, 0.717) is 0 Å². The van der Waals surface area contributed by atoms with Crippen LogP contribution in [0.15, 0.2) is 11.6 Å². The molecule has 4 nitrogen and oxygen atoms in total. The van der Waals surface area contributed by atoms with Gasteiger partial charge in [-0.2, -0.15) is 0 Å². The average molecular weight is 207 g/mol. The number of aliphatic carboxylic acids is 1. The normalized spacial score (nSPS) is 11.8. The summed E-state index contributed by atoms with van der Waals surface area (Å²) < 4.78 is 4.41. The summed E-state index contributed by atoms with van der Waals surface area (Å²) in [6.45, 7) is 3.38. The van der Waals surface area contributed by atoms with Crippen molar-refractivity contribution in [1.29, 1.82) is 0 Å². The molecule has 0 spiro atoms. The van der Waals surface area contributed by atoms with Crippen molar-refractivity contribution in [3.8, 4) is 0 Å². The Labute approximate surface area is 81.1 Å². The fourth-order valence-corrected chi connectivity index (χ4v) is 1.07. The van der Waals surface area contributed by atoms with Gasteiger partial charge in [-0.25, -0.2) is 0 Å². The number of carboxylic acid groups (broad SMARTS) is 1. The molecule has 0 saturated heterocycles. The van der Waals surface area contributed by atoms with Crippen molar-refractivity contribution in [2.75, 3.05) is 7.11 Å². The van der Waals surface area contributed by atoms with Gasteiger partial charge in [-0.3, -0.25) is 9.59 Å². The fraction of sp³-hybridized carbons (Fsp3) is 0.500. The minimum atomic E-state index is -1.06. The van der Waals surface area contributed by atoms with Crippen LogP contribution in [-0.4, -0.2) is 24.2 Å². The number of carbonyl (C=O) groups excluding carboxylic acids is 1. The third-order valence-electron chi connectivity index (χ3n) is 1.42. The molecule has 0 aromatic carbocycles. The van der Waals surface area contributed by atoms with Crippen LogP contribution in [0.25, 0.3) is 0 Å². The Hall–Kier alpha value is -1.03. The van der Waals surface area contributed by atoms with Gasteiger partial charge in [-0.15, -0.1) is 0 Å². The molecule has 5 heteroatoms. The van der Waals surface area contributed by atoms with Crippen LogP contribution in [0.1, 0.15) is 12.8 Å². The van der Waals surface area contributed by atoms with E-state index in [1.165, 1.54) is 7.11 Å². The summed E-state index contributed by atoms with van der Waals surface area (Å²) >= 11 is 5.46. The van der Waals surface area contributed by atoms with Crippen molar-refractivity contribution in [2.24, 2.45) is 5.92 Å². The highest BCUT2D eigenvalue weighted by molar-refractivity contribution is 6.29. The number of carboxylic acids is 1. The summed E-state index contributed by atoms with van der Waals surface area (Å²) in [6.07, 6.45) is -0.168. The lowest BCUT2D eigenvalue weighted by Gasteiger charge is -2.10. The molecule has 0 bridgehead atoms. The zero-order valence-corrected chi connectivity index (χ0v) is 8.00. The molecule has 0 amide bonds. The lowest BCUT2D eigenvalue weighted by Crippen LogP contribution is -2.19. The van der Waals surface area contributed by atoms with E-state index in [1.54, 1.807) is 0 Å². The van der Waals surface area contributed by atoms with E-state index in [2.05, 4.69) is 11.3 Å². The van der Waals surface area contributed by atoms with Gasteiger partial charge in [-0.05, 0) is 6.42 Å². The maximum Gasteiger partial charge on any atom is 0.309 e. The molecule has 0 saturated carbocycles. The molecule has 1 unspecified atom stereocenters. The highest BCUT2D eigenvalue weighted by Crippen LogP contribution is 2.18. The van der Waals surface area contributed by atoms with Crippen LogP contribution in [0.4, 0.5) is 0 Å². The van der Waals surface area contributed by atoms with Crippen LogP contribution in [0, 0.1) is 5.92 Å². The highest BCUT2D eigenvalue weighted by Gasteiger charge is 2.22. The molecule has 0 radical (unpaired) electrons. The molecular weight excluding hydrogens is 196 g/mol. The van der Waals surface area contributed by atoms with E-state index >= 15 is 0 Å². The molecule has 0 aliphatic heterocycles. The summed E-state index contributed by atoms with van der Waals surface area (Å²) in [5.41, 5.74) is 0. The van der Waals surface area contributed by atoms with Crippen molar-refractivity contribution >= 4 is 23.5 Å². The van der Waals surface area contributed by atoms with Gasteiger partial charge < -0.3 is 9.84 Å². The highest BCUT2D eigenvalue weighted by atomic mass is 35.5. The monoisotopic (exact) mass is 206 g/mol. The predicted octanol–water partition coefficient (Wildman–Crippen LogP) is 1.39. The van der Waals surface area contributed by atoms with E-state index in [0.717, 1.165) is 0 Å². The standard InChI is InChI=1S/C8H11ClO4/c1-5(9)3-6(4-7(10)11)8(12)13-2/h6H,1,3-4H2,2H3,(H,10,11). The van der Waals surface area contributed by atoms with Gasteiger partial charge in [0.05, 0.1) is 19.4 Å². The van der Waals surface area contributed by atoms with E-state index in [9.17, 15) is 9.59 Å². The number of halogens is 1. The van der Waals surface area contributed by atoms with E-state index in [-0.39, 0.29) is 17.9 Å². The second-order valence-corrected chi connectivity index (χ2v) is 3.07. The fourth-order valence-electron chi connectivity index (χ4n) is 0.884. The van der Waals surface area contributed by atoms with Crippen molar-refractivity contribution in [2.45, 2.75) is 12.8 Å². The minimum absolute atomic E-state index is 0.126. The number of ether oxygens (including phenoxy) is 1. The van der Waals surface area contributed by atoms with Gasteiger partial charge >= 0.3 is 11.9 Å². The van der Waals surface area contributed by atoms with Crippen molar-refractivity contribution in [3.05, 3.63) is 11.6 Å². The van der Waals surface area contributed by atoms with Crippen molar-refractivity contribution in [1.82, 2.24) is 0 Å². The van der Waals surface area contributed by atoms with Crippen LogP contribution < -0.4 is 0 Å². The molecule has 0 aliphatic carbocycles. The number of esters is 1. The second kappa shape index (κ2) is 5.59. The molecule has 0 fully saturated rings. The molecule has 0 aromatic rings. The number of carbonyl (C=O) groups is 2. The maximum atomic E-state index is 11.0. The molecule has 1 N–H and O–H groups in total. The van der Waals surface area contributed by atoms with Crippen LogP contribution in [0.3, 0.4) is 0 Å². The Morgan fingerprint density at radius 3 is 2.38 bits per heavy atom. The Balaban J connectivity index is 4.26. The Bertz CT molecular complexity index is 208. The topological polar surface area (TPSA) is 63.6 Å². The second-order valence-electron chi connectivity index (χ2n) is 2.54. The average Bonchev–Trinajstić information content (AvgIpc) is 2.00. The number of hydrogen-bond donors (Lipinski definition) is 1. The lowest BCUT2D eigenvalue weighted by molar-refractivity contribution is -0.150. The zero-order chi connectivity index (χ0) is 10.4. The van der Waals surface area contributed by atoms with Gasteiger partial charge in [0, 0.05) is 5.03 Å². The van der Waals surface area contributed by atoms with E-state index in [4.69, 9.17) is 16.7 Å². The molecule has 13 heavy (non-hydrogen) atoms. The van der Waals surface area contributed by atoms with Crippen molar-refractivity contribution < 1.29 is 19.4 Å². The van der Waals surface area contributed by atoms with Gasteiger partial charge in [0.1, 0.15) is 0 Å². The maximum absolute atomic E-state index is 11.0. The Morgan fingerprint density at radius 2 is 2.08 bits per heavy atom. The van der Waals surface area contributed by atoms with Crippen LogP contribution >= 0.6 is 11.6 Å². The van der Waals surface area contributed by atoms with Gasteiger partial charge in [0.2, 0.25) is 0 Å². The smallest absolute Gasteiger partial charge is 0.309 e. The van der Waals surface area contributed by atoms with Gasteiger partial charge in [0.15, 0.2) is 0 Å². The summed E-state index contributed by atoms with van der Waals surface area (Å²) in [5.74, 6) is -2.38. The summed E-state index contributed by atoms with van der Waals surface area (Å²) in [6, 6.07) is 0. The third-order valence-corrected chi connectivity index (χ3v) is 1.58. The quantitative estimate of drug-likeness (QED) is 0.691. The SMILES string of the molecule is C=C(Cl)CC(CC(=O)O)C(=O)OC. The first-order valence-corrected chi connectivity index (χ1v) is 3.98. The molecular formula is C8H11ClO4. The molecule has 0 heterocycles. The Morgan fingerprint density at radius 1 is 1.54 bits per heavy atom. The Kier molecular flexibility index (Phi) is 5.14. The summed E-state index contributed by atoms with van der Waals surface area (Å²) in [7, 11) is 1.20. The number of hydrogen-bond acceptors (Lipinski definition) is 3. The van der Waals surface area contributed by atoms with E-state index in [1.807, 2.05) is 0 Å². The predicted molar refractivity (Wildman–Crippen MR) is 47.4 cm³/mol. The van der Waals surface area contributed by atoms with Crippen LogP contribution in [0.5, 0.6) is 0 Å². The molecule has 1 atom stereocenters. The van der Waals surface area contributed by atoms with Crippen LogP contribution in [0.2, 0.25) is 0 Å². The third kappa shape index (κ3) is 5.25. The van der Waals surface area contributed by atoms with Gasteiger partial charge in [0.25, 0.3) is 0 Å². The number of rotatable bonds is 5. The summed E-state index contributed by atoms with van der Waals surface area (Å²) in [5, 5.41) is 8.71. The van der Waals surface area contributed by atoms with Crippen molar-refractivity contribution in [3.63, 3.8) is 0 Å². The van der Waals surface area contributed by atoms with Gasteiger partial charge in [-0.1, -0.05) is 18.2 Å². The molecule has 74 valence electrons. The lowest BCUT2D eigenvalue weighted by atomic mass is 10.0. The molecule has 0 aromatic heterocycles. The van der Waals surface area contributed by atoms with Crippen LogP contribution in [-0.2, 0) is 14.3 Å². The molecule has 0 rings (SSSR count). The number of methoxy groups -OCH3 is 1. The first kappa shape index (κ1) is 12.0. The first-order chi connectivity index (χ1) is 5.97. The molecule has 0 aliphatic rings. The zero-order valence-electron chi connectivity index (χ0n) is 7.25. The summed E-state index contributed by atoms with van der Waals surface area (Å²) in [4.78, 5) is 21.3. The van der Waals surface area contributed by atoms with E-state index < -0.39 is 17.9 Å². The minimum Gasteiger partial charge on any atom is -0.481 e.